The molecule has 9 heteroatoms. The molecular formula is C17H17ClN2O5S. The van der Waals surface area contributed by atoms with Gasteiger partial charge in [0.05, 0.1) is 30.6 Å². The number of sulfonamides is 1. The Balaban J connectivity index is 1.83. The summed E-state index contributed by atoms with van der Waals surface area (Å²) >= 11 is 6.05. The number of rotatable bonds is 4. The number of methoxy groups -OCH3 is 1. The Morgan fingerprint density at radius 3 is 2.69 bits per heavy atom. The van der Waals surface area contributed by atoms with Crippen LogP contribution in [0.4, 0.5) is 11.4 Å². The molecular weight excluding hydrogens is 380 g/mol. The first kappa shape index (κ1) is 18.3. The van der Waals surface area contributed by atoms with E-state index in [1.165, 1.54) is 7.11 Å². The number of carbonyl (C=O) groups excluding carboxylic acids is 1. The molecule has 0 bridgehead atoms. The van der Waals surface area contributed by atoms with Crippen LogP contribution in [0.25, 0.3) is 0 Å². The summed E-state index contributed by atoms with van der Waals surface area (Å²) in [6, 6.07) is 11.5. The summed E-state index contributed by atoms with van der Waals surface area (Å²) in [6.45, 7) is -0.119. The Morgan fingerprint density at radius 1 is 1.31 bits per heavy atom. The maximum Gasteiger partial charge on any atom is 0.267 e. The minimum Gasteiger partial charge on any atom is -0.495 e. The SMILES string of the molecule is COc1ccc(NC(=O)C2CN(S(C)(=O)=O)c3ccccc3O2)cc1Cl. The van der Waals surface area contributed by atoms with Crippen LogP contribution in [0, 0.1) is 0 Å². The average molecular weight is 397 g/mol. The Morgan fingerprint density at radius 2 is 2.04 bits per heavy atom. The van der Waals surface area contributed by atoms with Gasteiger partial charge >= 0.3 is 0 Å². The van der Waals surface area contributed by atoms with E-state index in [1.807, 2.05) is 0 Å². The second kappa shape index (κ2) is 7.05. The zero-order chi connectivity index (χ0) is 18.9. The van der Waals surface area contributed by atoms with E-state index in [2.05, 4.69) is 5.32 Å². The van der Waals surface area contributed by atoms with Gasteiger partial charge in [0, 0.05) is 5.69 Å². The number of ether oxygens (including phenoxy) is 2. The molecule has 1 unspecified atom stereocenters. The number of benzene rings is 2. The van der Waals surface area contributed by atoms with Crippen molar-refractivity contribution in [3.63, 3.8) is 0 Å². The van der Waals surface area contributed by atoms with Crippen LogP contribution in [0.5, 0.6) is 11.5 Å². The van der Waals surface area contributed by atoms with Gasteiger partial charge in [-0.05, 0) is 30.3 Å². The topological polar surface area (TPSA) is 84.9 Å². The Bertz CT molecular complexity index is 948. The average Bonchev–Trinajstić information content (AvgIpc) is 2.60. The molecule has 1 aliphatic rings. The highest BCUT2D eigenvalue weighted by Gasteiger charge is 2.34. The Labute approximate surface area is 156 Å². The molecule has 138 valence electrons. The van der Waals surface area contributed by atoms with Crippen molar-refractivity contribution in [3.8, 4) is 11.5 Å². The largest absolute Gasteiger partial charge is 0.495 e. The molecule has 0 aromatic heterocycles. The van der Waals surface area contributed by atoms with E-state index in [9.17, 15) is 13.2 Å². The lowest BCUT2D eigenvalue weighted by Crippen LogP contribution is -2.48. The summed E-state index contributed by atoms with van der Waals surface area (Å²) < 4.78 is 36.1. The first-order chi connectivity index (χ1) is 12.3. The van der Waals surface area contributed by atoms with E-state index in [4.69, 9.17) is 21.1 Å². The second-order valence-corrected chi connectivity index (χ2v) is 8.02. The predicted molar refractivity (Wildman–Crippen MR) is 99.7 cm³/mol. The van der Waals surface area contributed by atoms with Crippen LogP contribution in [0.2, 0.25) is 5.02 Å². The second-order valence-electron chi connectivity index (χ2n) is 5.71. The van der Waals surface area contributed by atoms with Gasteiger partial charge in [0.25, 0.3) is 5.91 Å². The summed E-state index contributed by atoms with van der Waals surface area (Å²) in [7, 11) is -2.07. The minimum atomic E-state index is -3.56. The number of fused-ring (bicyclic) bond motifs is 1. The van der Waals surface area contributed by atoms with Crippen molar-refractivity contribution < 1.29 is 22.7 Å². The Kier molecular flexibility index (Phi) is 4.97. The van der Waals surface area contributed by atoms with Crippen molar-refractivity contribution in [2.45, 2.75) is 6.10 Å². The van der Waals surface area contributed by atoms with Gasteiger partial charge in [-0.15, -0.1) is 0 Å². The van der Waals surface area contributed by atoms with Crippen molar-refractivity contribution in [1.82, 2.24) is 0 Å². The van der Waals surface area contributed by atoms with Gasteiger partial charge in [-0.2, -0.15) is 0 Å². The van der Waals surface area contributed by atoms with Gasteiger partial charge in [-0.3, -0.25) is 9.10 Å². The number of halogens is 1. The van der Waals surface area contributed by atoms with Gasteiger partial charge in [0.1, 0.15) is 11.5 Å². The molecule has 0 fully saturated rings. The van der Waals surface area contributed by atoms with Crippen LogP contribution in [0.1, 0.15) is 0 Å². The van der Waals surface area contributed by atoms with E-state index in [1.54, 1.807) is 42.5 Å². The summed E-state index contributed by atoms with van der Waals surface area (Å²) in [5.41, 5.74) is 0.862. The summed E-state index contributed by atoms with van der Waals surface area (Å²) in [5.74, 6) is 0.335. The summed E-state index contributed by atoms with van der Waals surface area (Å²) in [4.78, 5) is 12.6. The van der Waals surface area contributed by atoms with E-state index < -0.39 is 22.0 Å². The van der Waals surface area contributed by atoms with Crippen LogP contribution in [-0.2, 0) is 14.8 Å². The smallest absolute Gasteiger partial charge is 0.267 e. The molecule has 1 aliphatic heterocycles. The van der Waals surface area contributed by atoms with Crippen LogP contribution >= 0.6 is 11.6 Å². The number of nitrogens with zero attached hydrogens (tertiary/aromatic N) is 1. The standard InChI is InChI=1S/C17H17ClN2O5S/c1-24-14-8-7-11(9-12(14)18)19-17(21)16-10-20(26(2,22)23)13-5-3-4-6-15(13)25-16/h3-9,16H,10H2,1-2H3,(H,19,21). The maximum absolute atomic E-state index is 12.6. The lowest BCUT2D eigenvalue weighted by molar-refractivity contribution is -0.122. The molecule has 0 radical (unpaired) electrons. The molecule has 0 saturated carbocycles. The monoisotopic (exact) mass is 396 g/mol. The molecule has 1 atom stereocenters. The molecule has 0 aliphatic carbocycles. The fraction of sp³-hybridized carbons (Fsp3) is 0.235. The number of nitrogens with one attached hydrogen (secondary N) is 1. The fourth-order valence-corrected chi connectivity index (χ4v) is 3.79. The molecule has 1 amide bonds. The number of para-hydroxylation sites is 2. The molecule has 1 heterocycles. The van der Waals surface area contributed by atoms with Crippen molar-refractivity contribution >= 4 is 38.9 Å². The molecule has 2 aromatic rings. The van der Waals surface area contributed by atoms with Crippen LogP contribution < -0.4 is 19.1 Å². The van der Waals surface area contributed by atoms with Crippen molar-refractivity contribution in [1.29, 1.82) is 0 Å². The van der Waals surface area contributed by atoms with Crippen LogP contribution in [0.15, 0.2) is 42.5 Å². The molecule has 7 nitrogen and oxygen atoms in total. The molecule has 0 saturated heterocycles. The highest BCUT2D eigenvalue weighted by molar-refractivity contribution is 7.92. The molecule has 1 N–H and O–H groups in total. The van der Waals surface area contributed by atoms with E-state index in [-0.39, 0.29) is 6.54 Å². The third-order valence-electron chi connectivity index (χ3n) is 3.85. The lowest BCUT2D eigenvalue weighted by Gasteiger charge is -2.33. The fourth-order valence-electron chi connectivity index (χ4n) is 2.62. The van der Waals surface area contributed by atoms with Gasteiger partial charge in [0.15, 0.2) is 6.10 Å². The normalized spacial score (nSPS) is 16.4. The maximum atomic E-state index is 12.6. The predicted octanol–water partition coefficient (Wildman–Crippen LogP) is 2.51. The zero-order valence-corrected chi connectivity index (χ0v) is 15.7. The van der Waals surface area contributed by atoms with Crippen LogP contribution in [0.3, 0.4) is 0 Å². The molecule has 2 aromatic carbocycles. The van der Waals surface area contributed by atoms with E-state index in [0.717, 1.165) is 10.6 Å². The lowest BCUT2D eigenvalue weighted by atomic mass is 10.2. The number of amides is 1. The molecule has 0 spiro atoms. The van der Waals surface area contributed by atoms with Gasteiger partial charge in [-0.25, -0.2) is 8.42 Å². The Hall–Kier alpha value is -2.45. The molecule has 26 heavy (non-hydrogen) atoms. The first-order valence-corrected chi connectivity index (χ1v) is 9.90. The summed E-state index contributed by atoms with van der Waals surface area (Å²) in [6.07, 6.45) is 0.0911. The van der Waals surface area contributed by atoms with E-state index in [0.29, 0.717) is 27.9 Å². The van der Waals surface area contributed by atoms with Gasteiger partial charge in [-0.1, -0.05) is 23.7 Å². The number of hydrogen-bond acceptors (Lipinski definition) is 5. The van der Waals surface area contributed by atoms with Crippen molar-refractivity contribution in [2.24, 2.45) is 0 Å². The number of hydrogen-bond donors (Lipinski definition) is 1. The van der Waals surface area contributed by atoms with E-state index >= 15 is 0 Å². The van der Waals surface area contributed by atoms with Gasteiger partial charge in [0.2, 0.25) is 10.0 Å². The highest BCUT2D eigenvalue weighted by Crippen LogP contribution is 2.35. The van der Waals surface area contributed by atoms with Gasteiger partial charge < -0.3 is 14.8 Å². The number of carbonyl (C=O) groups is 1. The summed E-state index contributed by atoms with van der Waals surface area (Å²) in [5, 5.41) is 3.03. The third kappa shape index (κ3) is 3.71. The quantitative estimate of drug-likeness (QED) is 0.858. The number of anilines is 2. The first-order valence-electron chi connectivity index (χ1n) is 7.67. The third-order valence-corrected chi connectivity index (χ3v) is 5.29. The van der Waals surface area contributed by atoms with Crippen molar-refractivity contribution in [2.75, 3.05) is 29.5 Å². The minimum absolute atomic E-state index is 0.119. The van der Waals surface area contributed by atoms with Crippen LogP contribution in [-0.4, -0.2) is 40.3 Å². The highest BCUT2D eigenvalue weighted by atomic mass is 35.5. The van der Waals surface area contributed by atoms with Crippen molar-refractivity contribution in [3.05, 3.63) is 47.5 Å². The zero-order valence-electron chi connectivity index (χ0n) is 14.1. The molecule has 3 rings (SSSR count).